The highest BCUT2D eigenvalue weighted by atomic mass is 32.2. The molecule has 0 N–H and O–H groups in total. The number of carbonyl (C=O) groups is 1. The van der Waals surface area contributed by atoms with Gasteiger partial charge in [0.15, 0.2) is 11.0 Å². The number of nitrogens with zero attached hydrogens (tertiary/aromatic N) is 4. The first-order chi connectivity index (χ1) is 9.13. The lowest BCUT2D eigenvalue weighted by atomic mass is 10.3. The summed E-state index contributed by atoms with van der Waals surface area (Å²) in [5.74, 6) is -0.428. The van der Waals surface area contributed by atoms with Gasteiger partial charge in [0.2, 0.25) is 0 Å². The highest BCUT2D eigenvalue weighted by Gasteiger charge is 2.16. The fraction of sp³-hybridized carbons (Fsp3) is 0.333. The van der Waals surface area contributed by atoms with E-state index in [1.807, 2.05) is 23.6 Å². The van der Waals surface area contributed by atoms with Crippen molar-refractivity contribution in [2.75, 3.05) is 0 Å². The number of hydrogen-bond donors (Lipinski definition) is 0. The van der Waals surface area contributed by atoms with Crippen molar-refractivity contribution >= 4 is 17.7 Å². The van der Waals surface area contributed by atoms with Crippen molar-refractivity contribution in [2.24, 2.45) is 0 Å². The van der Waals surface area contributed by atoms with E-state index in [0.29, 0.717) is 17.5 Å². The summed E-state index contributed by atoms with van der Waals surface area (Å²) < 4.78 is 1.86. The summed E-state index contributed by atoms with van der Waals surface area (Å²) in [6.07, 6.45) is 3.39. The first-order valence-corrected chi connectivity index (χ1v) is 6.72. The number of carboxylic acids is 1. The number of aromatic nitrogens is 4. The smallest absolute Gasteiger partial charge is 0.192 e. The van der Waals surface area contributed by atoms with Crippen LogP contribution in [0.3, 0.4) is 0 Å². The fourth-order valence-electron chi connectivity index (χ4n) is 1.58. The standard InChI is InChI=1S/C12H14N4O2S/c1-3-16-10(9-5-4-6-13-7-9)14-15-12(16)19-8(2)11(17)18/h4-8H,3H2,1-2H3,(H,17,18)/p-1/t8-/m1/s1. The van der Waals surface area contributed by atoms with E-state index >= 15 is 0 Å². The van der Waals surface area contributed by atoms with Gasteiger partial charge in [-0.3, -0.25) is 4.98 Å². The predicted octanol–water partition coefficient (Wildman–Crippen LogP) is 0.590. The average molecular weight is 277 g/mol. The van der Waals surface area contributed by atoms with Crippen LogP contribution < -0.4 is 5.11 Å². The number of carboxylic acid groups (broad SMARTS) is 1. The molecule has 0 saturated carbocycles. The van der Waals surface area contributed by atoms with E-state index in [2.05, 4.69) is 15.2 Å². The number of rotatable bonds is 5. The number of carbonyl (C=O) groups excluding carboxylic acids is 1. The van der Waals surface area contributed by atoms with Crippen LogP contribution in [-0.2, 0) is 11.3 Å². The molecule has 0 radical (unpaired) electrons. The molecule has 2 aromatic rings. The highest BCUT2D eigenvalue weighted by molar-refractivity contribution is 8.00. The molecule has 0 spiro atoms. The minimum absolute atomic E-state index is 0.568. The van der Waals surface area contributed by atoms with Crippen molar-refractivity contribution in [3.8, 4) is 11.4 Å². The van der Waals surface area contributed by atoms with Gasteiger partial charge in [0.25, 0.3) is 0 Å². The van der Waals surface area contributed by atoms with Gasteiger partial charge in [-0.25, -0.2) is 0 Å². The lowest BCUT2D eigenvalue weighted by Gasteiger charge is -2.12. The van der Waals surface area contributed by atoms with Gasteiger partial charge in [0.1, 0.15) is 0 Å². The highest BCUT2D eigenvalue weighted by Crippen LogP contribution is 2.25. The second-order valence-electron chi connectivity index (χ2n) is 3.87. The quantitative estimate of drug-likeness (QED) is 0.744. The molecule has 0 fully saturated rings. The Bertz CT molecular complexity index is 570. The van der Waals surface area contributed by atoms with Crippen LogP contribution in [0.4, 0.5) is 0 Å². The van der Waals surface area contributed by atoms with Crippen molar-refractivity contribution in [3.05, 3.63) is 24.5 Å². The van der Waals surface area contributed by atoms with Crippen molar-refractivity contribution in [3.63, 3.8) is 0 Å². The Morgan fingerprint density at radius 2 is 2.32 bits per heavy atom. The topological polar surface area (TPSA) is 83.7 Å². The van der Waals surface area contributed by atoms with Crippen LogP contribution in [0.1, 0.15) is 13.8 Å². The predicted molar refractivity (Wildman–Crippen MR) is 69.3 cm³/mol. The van der Waals surface area contributed by atoms with Gasteiger partial charge in [0, 0.05) is 29.8 Å². The molecule has 0 saturated heterocycles. The van der Waals surface area contributed by atoms with Gasteiger partial charge in [-0.2, -0.15) is 0 Å². The van der Waals surface area contributed by atoms with Gasteiger partial charge >= 0.3 is 0 Å². The molecule has 1 atom stereocenters. The number of hydrogen-bond acceptors (Lipinski definition) is 6. The molecule has 2 aromatic heterocycles. The van der Waals surface area contributed by atoms with Crippen LogP contribution in [0.15, 0.2) is 29.7 Å². The third kappa shape index (κ3) is 2.93. The molecular formula is C12H13N4O2S-. The molecule has 2 heterocycles. The second-order valence-corrected chi connectivity index (χ2v) is 5.18. The zero-order chi connectivity index (χ0) is 13.8. The monoisotopic (exact) mass is 277 g/mol. The lowest BCUT2D eigenvalue weighted by molar-refractivity contribution is -0.304. The Morgan fingerprint density at radius 3 is 2.89 bits per heavy atom. The van der Waals surface area contributed by atoms with Gasteiger partial charge in [0.05, 0.1) is 5.97 Å². The van der Waals surface area contributed by atoms with E-state index in [4.69, 9.17) is 0 Å². The van der Waals surface area contributed by atoms with Crippen LogP contribution in [0.2, 0.25) is 0 Å². The molecular weight excluding hydrogens is 264 g/mol. The Hall–Kier alpha value is -1.89. The Kier molecular flexibility index (Phi) is 4.16. The molecule has 0 bridgehead atoms. The van der Waals surface area contributed by atoms with Crippen molar-refractivity contribution < 1.29 is 9.90 Å². The molecule has 0 aliphatic heterocycles. The van der Waals surface area contributed by atoms with E-state index < -0.39 is 11.2 Å². The lowest BCUT2D eigenvalue weighted by Crippen LogP contribution is -2.31. The van der Waals surface area contributed by atoms with Crippen LogP contribution >= 0.6 is 11.8 Å². The molecule has 6 nitrogen and oxygen atoms in total. The summed E-state index contributed by atoms with van der Waals surface area (Å²) in [5.41, 5.74) is 0.852. The maximum absolute atomic E-state index is 10.8. The van der Waals surface area contributed by atoms with Crippen LogP contribution in [0.5, 0.6) is 0 Å². The van der Waals surface area contributed by atoms with Crippen LogP contribution in [0, 0.1) is 0 Å². The Balaban J connectivity index is 2.33. The van der Waals surface area contributed by atoms with Crippen LogP contribution in [-0.4, -0.2) is 31.0 Å². The van der Waals surface area contributed by atoms with Crippen molar-refractivity contribution in [1.82, 2.24) is 19.7 Å². The summed E-state index contributed by atoms with van der Waals surface area (Å²) in [7, 11) is 0. The summed E-state index contributed by atoms with van der Waals surface area (Å²) in [6.45, 7) is 4.18. The molecule has 0 aromatic carbocycles. The Labute approximate surface area is 114 Å². The van der Waals surface area contributed by atoms with Crippen molar-refractivity contribution in [2.45, 2.75) is 30.8 Å². The summed E-state index contributed by atoms with van der Waals surface area (Å²) in [6, 6.07) is 3.71. The first kappa shape index (κ1) is 13.5. The van der Waals surface area contributed by atoms with E-state index in [1.165, 1.54) is 0 Å². The molecule has 2 rings (SSSR count). The normalized spacial score (nSPS) is 12.3. The van der Waals surface area contributed by atoms with E-state index in [0.717, 1.165) is 17.3 Å². The molecule has 19 heavy (non-hydrogen) atoms. The van der Waals surface area contributed by atoms with E-state index in [-0.39, 0.29) is 0 Å². The molecule has 100 valence electrons. The number of aliphatic carboxylic acids is 1. The molecule has 0 amide bonds. The molecule has 0 unspecified atom stereocenters. The van der Waals surface area contributed by atoms with Crippen LogP contribution in [0.25, 0.3) is 11.4 Å². The van der Waals surface area contributed by atoms with Gasteiger partial charge in [-0.15, -0.1) is 10.2 Å². The van der Waals surface area contributed by atoms with Gasteiger partial charge < -0.3 is 14.5 Å². The number of pyridine rings is 1. The summed E-state index contributed by atoms with van der Waals surface area (Å²) in [5, 5.41) is 18.8. The minimum Gasteiger partial charge on any atom is -0.549 e. The molecule has 0 aliphatic carbocycles. The maximum Gasteiger partial charge on any atom is 0.192 e. The molecule has 0 aliphatic rings. The first-order valence-electron chi connectivity index (χ1n) is 5.84. The van der Waals surface area contributed by atoms with E-state index in [9.17, 15) is 9.90 Å². The zero-order valence-corrected chi connectivity index (χ0v) is 11.4. The SMILES string of the molecule is CCn1c(S[C@H](C)C(=O)[O-])nnc1-c1cccnc1. The molecule has 7 heteroatoms. The fourth-order valence-corrected chi connectivity index (χ4v) is 2.42. The van der Waals surface area contributed by atoms with Gasteiger partial charge in [-0.05, 0) is 26.0 Å². The summed E-state index contributed by atoms with van der Waals surface area (Å²) in [4.78, 5) is 14.8. The third-order valence-electron chi connectivity index (χ3n) is 2.57. The summed E-state index contributed by atoms with van der Waals surface area (Å²) >= 11 is 1.13. The second kappa shape index (κ2) is 5.83. The largest absolute Gasteiger partial charge is 0.549 e. The van der Waals surface area contributed by atoms with Crippen molar-refractivity contribution in [1.29, 1.82) is 0 Å². The van der Waals surface area contributed by atoms with E-state index in [1.54, 1.807) is 19.3 Å². The third-order valence-corrected chi connectivity index (χ3v) is 3.63. The minimum atomic E-state index is -1.11. The maximum atomic E-state index is 10.8. The number of thioether (sulfide) groups is 1. The Morgan fingerprint density at radius 1 is 1.53 bits per heavy atom. The zero-order valence-electron chi connectivity index (χ0n) is 10.6. The average Bonchev–Trinajstić information content (AvgIpc) is 2.82. The van der Waals surface area contributed by atoms with Gasteiger partial charge in [-0.1, -0.05) is 11.8 Å².